The van der Waals surface area contributed by atoms with Gasteiger partial charge in [-0.25, -0.2) is 4.98 Å². The molecule has 1 amide bonds. The van der Waals surface area contributed by atoms with E-state index in [1.54, 1.807) is 0 Å². The number of benzene rings is 2. The van der Waals surface area contributed by atoms with E-state index in [2.05, 4.69) is 52.2 Å². The Balaban J connectivity index is 1.63. The molecule has 0 aliphatic carbocycles. The van der Waals surface area contributed by atoms with Crippen LogP contribution in [0.15, 0.2) is 64.5 Å². The fraction of sp³-hybridized carbons (Fsp3) is 0.143. The van der Waals surface area contributed by atoms with Gasteiger partial charge < -0.3 is 0 Å². The molecule has 1 aromatic heterocycles. The van der Waals surface area contributed by atoms with Crippen molar-refractivity contribution in [1.82, 2.24) is 4.98 Å². The first-order chi connectivity index (χ1) is 12.5. The molecule has 0 radical (unpaired) electrons. The van der Waals surface area contributed by atoms with Gasteiger partial charge in [0.25, 0.3) is 0 Å². The Morgan fingerprint density at radius 1 is 1.19 bits per heavy atom. The van der Waals surface area contributed by atoms with Gasteiger partial charge in [0, 0.05) is 21.5 Å². The highest BCUT2D eigenvalue weighted by Crippen LogP contribution is 2.26. The minimum absolute atomic E-state index is 0.187. The fourth-order valence-corrected chi connectivity index (χ4v) is 3.54. The number of halogens is 1. The molecule has 3 nitrogen and oxygen atoms in total. The maximum atomic E-state index is 12.1. The van der Waals surface area contributed by atoms with E-state index in [9.17, 15) is 4.79 Å². The Morgan fingerprint density at radius 3 is 2.65 bits per heavy atom. The van der Waals surface area contributed by atoms with Crippen molar-refractivity contribution >= 4 is 44.4 Å². The number of hydrogen-bond acceptors (Lipinski definition) is 3. The smallest absolute Gasteiger partial charge is 0.250 e. The molecule has 0 bridgehead atoms. The van der Waals surface area contributed by atoms with Gasteiger partial charge in [0.1, 0.15) is 0 Å². The average molecular weight is 427 g/mol. The zero-order chi connectivity index (χ0) is 18.5. The molecular weight excluding hydrogens is 408 g/mol. The summed E-state index contributed by atoms with van der Waals surface area (Å²) in [5, 5.41) is 5.34. The van der Waals surface area contributed by atoms with E-state index in [0.29, 0.717) is 11.0 Å². The highest BCUT2D eigenvalue weighted by Gasteiger charge is 2.07. The number of carbonyl (C=O) groups excluding carboxylic acids is 1. The first-order valence-electron chi connectivity index (χ1n) is 8.32. The Bertz CT molecular complexity index is 929. The minimum atomic E-state index is -0.187. The highest BCUT2D eigenvalue weighted by atomic mass is 79.9. The highest BCUT2D eigenvalue weighted by molar-refractivity contribution is 9.10. The van der Waals surface area contributed by atoms with Crippen molar-refractivity contribution in [2.24, 2.45) is 0 Å². The number of nitrogens with zero attached hydrogens (tertiary/aromatic N) is 1. The third-order valence-electron chi connectivity index (χ3n) is 3.88. The number of hydrogen-bond donors (Lipinski definition) is 1. The summed E-state index contributed by atoms with van der Waals surface area (Å²) >= 11 is 4.87. The van der Waals surface area contributed by atoms with Crippen molar-refractivity contribution in [1.29, 1.82) is 0 Å². The molecule has 0 aliphatic rings. The van der Waals surface area contributed by atoms with Gasteiger partial charge in [-0.1, -0.05) is 66.2 Å². The molecule has 3 aromatic rings. The molecule has 5 heteroatoms. The number of anilines is 1. The van der Waals surface area contributed by atoms with E-state index in [0.717, 1.165) is 21.3 Å². The Labute approximate surface area is 165 Å². The summed E-state index contributed by atoms with van der Waals surface area (Å²) in [6.07, 6.45) is 3.34. The molecule has 0 unspecified atom stereocenters. The molecule has 26 heavy (non-hydrogen) atoms. The maximum absolute atomic E-state index is 12.1. The van der Waals surface area contributed by atoms with Crippen molar-refractivity contribution in [3.63, 3.8) is 0 Å². The van der Waals surface area contributed by atoms with E-state index in [1.165, 1.54) is 23.0 Å². The van der Waals surface area contributed by atoms with Gasteiger partial charge in [0.15, 0.2) is 5.13 Å². The average Bonchev–Trinajstić information content (AvgIpc) is 3.09. The van der Waals surface area contributed by atoms with Gasteiger partial charge in [-0.15, -0.1) is 11.3 Å². The number of nitrogens with one attached hydrogen (secondary N) is 1. The number of thiazole rings is 1. The van der Waals surface area contributed by atoms with Crippen LogP contribution in [0, 0.1) is 0 Å². The second-order valence-electron chi connectivity index (χ2n) is 6.19. The number of rotatable bonds is 5. The van der Waals surface area contributed by atoms with Crippen LogP contribution in [-0.2, 0) is 4.79 Å². The first-order valence-corrected chi connectivity index (χ1v) is 9.99. The van der Waals surface area contributed by atoms with Crippen LogP contribution in [0.5, 0.6) is 0 Å². The number of aromatic nitrogens is 1. The predicted octanol–water partition coefficient (Wildman–Crippen LogP) is 6.35. The molecule has 3 rings (SSSR count). The van der Waals surface area contributed by atoms with Crippen molar-refractivity contribution in [3.05, 3.63) is 75.6 Å². The Kier molecular flexibility index (Phi) is 6.01. The van der Waals surface area contributed by atoms with Crippen LogP contribution in [-0.4, -0.2) is 10.9 Å². The van der Waals surface area contributed by atoms with E-state index >= 15 is 0 Å². The summed E-state index contributed by atoms with van der Waals surface area (Å²) < 4.78 is 1.00. The van der Waals surface area contributed by atoms with Crippen LogP contribution in [0.4, 0.5) is 5.13 Å². The molecule has 132 valence electrons. The van der Waals surface area contributed by atoms with Gasteiger partial charge in [0.2, 0.25) is 5.91 Å². The van der Waals surface area contributed by atoms with Gasteiger partial charge in [0.05, 0.1) is 5.69 Å². The lowest BCUT2D eigenvalue weighted by atomic mass is 10.0. The monoisotopic (exact) mass is 426 g/mol. The summed E-state index contributed by atoms with van der Waals surface area (Å²) in [6.45, 7) is 4.32. The molecule has 2 aromatic carbocycles. The molecule has 0 saturated heterocycles. The van der Waals surface area contributed by atoms with Crippen molar-refractivity contribution in [3.8, 4) is 11.3 Å². The summed E-state index contributed by atoms with van der Waals surface area (Å²) in [4.78, 5) is 16.6. The topological polar surface area (TPSA) is 42.0 Å². The Morgan fingerprint density at radius 2 is 1.96 bits per heavy atom. The van der Waals surface area contributed by atoms with Gasteiger partial charge in [-0.2, -0.15) is 0 Å². The zero-order valence-electron chi connectivity index (χ0n) is 14.6. The van der Waals surface area contributed by atoms with Crippen LogP contribution >= 0.6 is 27.3 Å². The van der Waals surface area contributed by atoms with E-state index < -0.39 is 0 Å². The standard InChI is InChI=1S/C21H19BrN2OS/c1-14(2)16-9-6-15(7-10-16)8-11-20(25)24-21-23-19(13-26-21)17-4-3-5-18(22)12-17/h3-14H,1-2H3,(H,23,24,25). The van der Waals surface area contributed by atoms with Crippen molar-refractivity contribution < 1.29 is 4.79 Å². The lowest BCUT2D eigenvalue weighted by Crippen LogP contribution is -2.07. The Hall–Kier alpha value is -2.24. The van der Waals surface area contributed by atoms with Crippen LogP contribution in [0.2, 0.25) is 0 Å². The normalized spacial score (nSPS) is 11.2. The van der Waals surface area contributed by atoms with Crippen LogP contribution < -0.4 is 5.32 Å². The van der Waals surface area contributed by atoms with Crippen molar-refractivity contribution in [2.45, 2.75) is 19.8 Å². The fourth-order valence-electron chi connectivity index (χ4n) is 2.42. The molecule has 0 spiro atoms. The zero-order valence-corrected chi connectivity index (χ0v) is 17.0. The van der Waals surface area contributed by atoms with Crippen LogP contribution in [0.25, 0.3) is 17.3 Å². The molecular formula is C21H19BrN2OS. The summed E-state index contributed by atoms with van der Waals surface area (Å²) in [7, 11) is 0. The second kappa shape index (κ2) is 8.43. The minimum Gasteiger partial charge on any atom is -0.298 e. The van der Waals surface area contributed by atoms with Crippen LogP contribution in [0.1, 0.15) is 30.9 Å². The van der Waals surface area contributed by atoms with E-state index in [4.69, 9.17) is 0 Å². The summed E-state index contributed by atoms with van der Waals surface area (Å²) in [6, 6.07) is 16.2. The van der Waals surface area contributed by atoms with Gasteiger partial charge >= 0.3 is 0 Å². The lowest BCUT2D eigenvalue weighted by molar-refractivity contribution is -0.111. The van der Waals surface area contributed by atoms with E-state index in [-0.39, 0.29) is 5.91 Å². The molecule has 1 heterocycles. The van der Waals surface area contributed by atoms with Gasteiger partial charge in [-0.3, -0.25) is 10.1 Å². The van der Waals surface area contributed by atoms with E-state index in [1.807, 2.05) is 47.9 Å². The SMILES string of the molecule is CC(C)c1ccc(C=CC(=O)Nc2nc(-c3cccc(Br)c3)cs2)cc1. The maximum Gasteiger partial charge on any atom is 0.250 e. The number of amides is 1. The third kappa shape index (κ3) is 4.90. The molecule has 0 saturated carbocycles. The first kappa shape index (κ1) is 18.5. The number of carbonyl (C=O) groups is 1. The molecule has 0 aliphatic heterocycles. The largest absolute Gasteiger partial charge is 0.298 e. The van der Waals surface area contributed by atoms with Crippen LogP contribution in [0.3, 0.4) is 0 Å². The molecule has 1 N–H and O–H groups in total. The summed E-state index contributed by atoms with van der Waals surface area (Å²) in [5.74, 6) is 0.314. The van der Waals surface area contributed by atoms with Gasteiger partial charge in [-0.05, 0) is 35.3 Å². The summed E-state index contributed by atoms with van der Waals surface area (Å²) in [5.41, 5.74) is 4.14. The molecule has 0 fully saturated rings. The van der Waals surface area contributed by atoms with Crippen molar-refractivity contribution in [2.75, 3.05) is 5.32 Å². The quantitative estimate of drug-likeness (QED) is 0.482. The lowest BCUT2D eigenvalue weighted by Gasteiger charge is -2.04. The molecule has 0 atom stereocenters. The second-order valence-corrected chi connectivity index (χ2v) is 7.97. The predicted molar refractivity (Wildman–Crippen MR) is 113 cm³/mol. The third-order valence-corrected chi connectivity index (χ3v) is 5.14.